The normalized spacial score (nSPS) is 11.7. The van der Waals surface area contributed by atoms with Crippen molar-refractivity contribution in [2.45, 2.75) is 19.5 Å². The molecule has 0 fully saturated rings. The second-order valence-electron chi connectivity index (χ2n) is 4.95. The minimum absolute atomic E-state index is 0.238. The number of rotatable bonds is 5. The van der Waals surface area contributed by atoms with Crippen LogP contribution in [0.3, 0.4) is 0 Å². The van der Waals surface area contributed by atoms with Gasteiger partial charge in [-0.1, -0.05) is 28.1 Å². The Morgan fingerprint density at radius 1 is 1.30 bits per heavy atom. The first-order valence-electron chi connectivity index (χ1n) is 6.76. The third kappa shape index (κ3) is 4.49. The predicted octanol–water partition coefficient (Wildman–Crippen LogP) is 2.40. The highest BCUT2D eigenvalue weighted by Crippen LogP contribution is 2.16. The van der Waals surface area contributed by atoms with Crippen molar-refractivity contribution >= 4 is 27.5 Å². The summed E-state index contributed by atoms with van der Waals surface area (Å²) in [5.41, 5.74) is 0.202. The number of halogens is 1. The lowest BCUT2D eigenvalue weighted by molar-refractivity contribution is -0.385. The third-order valence-electron chi connectivity index (χ3n) is 3.24. The van der Waals surface area contributed by atoms with Gasteiger partial charge in [-0.25, -0.2) is 0 Å². The molecular formula is C15H14BrN3O4. The highest BCUT2D eigenvalue weighted by Gasteiger charge is 2.13. The number of nitro groups is 1. The summed E-state index contributed by atoms with van der Waals surface area (Å²) in [6.07, 6.45) is 1.06. The average molecular weight is 380 g/mol. The fraction of sp³-hybridized carbons (Fsp3) is 0.200. The van der Waals surface area contributed by atoms with Gasteiger partial charge in [0, 0.05) is 16.6 Å². The zero-order chi connectivity index (χ0) is 17.0. The van der Waals surface area contributed by atoms with Crippen LogP contribution >= 0.6 is 15.9 Å². The molecule has 2 aromatic rings. The smallest absolute Gasteiger partial charge is 0.285 e. The lowest BCUT2D eigenvalue weighted by Crippen LogP contribution is -2.33. The largest absolute Gasteiger partial charge is 0.348 e. The van der Waals surface area contributed by atoms with Crippen LogP contribution in [0.15, 0.2) is 51.9 Å². The van der Waals surface area contributed by atoms with Gasteiger partial charge >= 0.3 is 0 Å². The molecule has 7 nitrogen and oxygen atoms in total. The molecule has 0 aliphatic heterocycles. The van der Waals surface area contributed by atoms with E-state index in [1.807, 2.05) is 31.2 Å². The van der Waals surface area contributed by atoms with Gasteiger partial charge < -0.3 is 5.32 Å². The maximum Gasteiger partial charge on any atom is 0.285 e. The Hall–Kier alpha value is -2.48. The number of pyridine rings is 1. The Balaban J connectivity index is 2.07. The van der Waals surface area contributed by atoms with Crippen LogP contribution in [0.2, 0.25) is 0 Å². The number of hydrogen-bond donors (Lipinski definition) is 1. The quantitative estimate of drug-likeness (QED) is 0.637. The summed E-state index contributed by atoms with van der Waals surface area (Å²) >= 11 is 3.34. The molecule has 1 unspecified atom stereocenters. The van der Waals surface area contributed by atoms with E-state index < -0.39 is 16.4 Å². The number of aromatic nitrogens is 1. The Morgan fingerprint density at radius 2 is 1.96 bits per heavy atom. The van der Waals surface area contributed by atoms with Crippen molar-refractivity contribution in [1.29, 1.82) is 0 Å². The van der Waals surface area contributed by atoms with Crippen LogP contribution in [0.4, 0.5) is 5.69 Å². The van der Waals surface area contributed by atoms with Gasteiger partial charge in [0.15, 0.2) is 0 Å². The minimum Gasteiger partial charge on any atom is -0.348 e. The Morgan fingerprint density at radius 3 is 2.57 bits per heavy atom. The number of nitrogens with one attached hydrogen (secondary N) is 1. The Bertz CT molecular complexity index is 786. The maximum atomic E-state index is 12.0. The lowest BCUT2D eigenvalue weighted by atomic mass is 10.1. The topological polar surface area (TPSA) is 94.2 Å². The standard InChI is InChI=1S/C15H14BrN3O4/c1-10(11-2-4-12(16)5-3-11)17-14(20)9-18-8-13(19(22)23)6-7-15(18)21/h2-8,10H,9H2,1H3,(H,17,20). The van der Waals surface area contributed by atoms with E-state index in [4.69, 9.17) is 0 Å². The van der Waals surface area contributed by atoms with Crippen LogP contribution in [0, 0.1) is 10.1 Å². The zero-order valence-electron chi connectivity index (χ0n) is 12.2. The second kappa shape index (κ2) is 7.19. The fourth-order valence-electron chi connectivity index (χ4n) is 2.03. The van der Waals surface area contributed by atoms with Gasteiger partial charge in [0.1, 0.15) is 6.54 Å². The highest BCUT2D eigenvalue weighted by atomic mass is 79.9. The van der Waals surface area contributed by atoms with Crippen LogP contribution in [-0.2, 0) is 11.3 Å². The first-order chi connectivity index (χ1) is 10.9. The summed E-state index contributed by atoms with van der Waals surface area (Å²) in [4.78, 5) is 33.8. The van der Waals surface area contributed by atoms with Gasteiger partial charge in [0.05, 0.1) is 17.2 Å². The van der Waals surface area contributed by atoms with Gasteiger partial charge in [-0.2, -0.15) is 0 Å². The van der Waals surface area contributed by atoms with E-state index in [-0.39, 0.29) is 18.3 Å². The molecule has 1 aromatic heterocycles. The summed E-state index contributed by atoms with van der Waals surface area (Å²) in [6, 6.07) is 9.41. The first kappa shape index (κ1) is 16.9. The van der Waals surface area contributed by atoms with E-state index in [0.717, 1.165) is 32.9 Å². The molecule has 1 atom stereocenters. The van der Waals surface area contributed by atoms with Crippen molar-refractivity contribution in [3.63, 3.8) is 0 Å². The van der Waals surface area contributed by atoms with Crippen molar-refractivity contribution in [1.82, 2.24) is 9.88 Å². The molecule has 0 spiro atoms. The molecule has 2 rings (SSSR count). The molecule has 0 bridgehead atoms. The van der Waals surface area contributed by atoms with Crippen LogP contribution in [0.25, 0.3) is 0 Å². The van der Waals surface area contributed by atoms with Crippen molar-refractivity contribution < 1.29 is 9.72 Å². The summed E-state index contributed by atoms with van der Waals surface area (Å²) < 4.78 is 1.95. The third-order valence-corrected chi connectivity index (χ3v) is 3.77. The van der Waals surface area contributed by atoms with Crippen molar-refractivity contribution in [3.05, 3.63) is 73.1 Å². The number of hydrogen-bond acceptors (Lipinski definition) is 4. The molecule has 0 saturated carbocycles. The summed E-state index contributed by atoms with van der Waals surface area (Å²) in [7, 11) is 0. The summed E-state index contributed by atoms with van der Waals surface area (Å²) in [5.74, 6) is -0.400. The molecule has 1 N–H and O–H groups in total. The van der Waals surface area contributed by atoms with Crippen LogP contribution in [0.1, 0.15) is 18.5 Å². The van der Waals surface area contributed by atoms with Crippen LogP contribution in [-0.4, -0.2) is 15.4 Å². The predicted molar refractivity (Wildman–Crippen MR) is 88.1 cm³/mol. The SMILES string of the molecule is CC(NC(=O)Cn1cc([N+](=O)[O-])ccc1=O)c1ccc(Br)cc1. The van der Waals surface area contributed by atoms with Gasteiger partial charge in [-0.15, -0.1) is 0 Å². The van der Waals surface area contributed by atoms with Gasteiger partial charge in [0.2, 0.25) is 5.91 Å². The molecule has 1 amide bonds. The highest BCUT2D eigenvalue weighted by molar-refractivity contribution is 9.10. The molecule has 23 heavy (non-hydrogen) atoms. The molecule has 1 aromatic carbocycles. The molecular weight excluding hydrogens is 366 g/mol. The monoisotopic (exact) mass is 379 g/mol. The van der Waals surface area contributed by atoms with Gasteiger partial charge in [-0.3, -0.25) is 24.3 Å². The molecule has 0 aliphatic carbocycles. The van der Waals surface area contributed by atoms with Crippen molar-refractivity contribution in [3.8, 4) is 0 Å². The minimum atomic E-state index is -0.613. The van der Waals surface area contributed by atoms with Crippen LogP contribution in [0.5, 0.6) is 0 Å². The molecule has 120 valence electrons. The van der Waals surface area contributed by atoms with E-state index in [1.165, 1.54) is 0 Å². The maximum absolute atomic E-state index is 12.0. The van der Waals surface area contributed by atoms with Gasteiger partial charge in [0.25, 0.3) is 11.2 Å². The number of carbonyl (C=O) groups is 1. The van der Waals surface area contributed by atoms with E-state index in [9.17, 15) is 19.7 Å². The van der Waals surface area contributed by atoms with Crippen LogP contribution < -0.4 is 10.9 Å². The fourth-order valence-corrected chi connectivity index (χ4v) is 2.29. The molecule has 0 saturated heterocycles. The Kier molecular flexibility index (Phi) is 5.28. The average Bonchev–Trinajstić information content (AvgIpc) is 2.49. The van der Waals surface area contributed by atoms with Gasteiger partial charge in [-0.05, 0) is 24.6 Å². The summed E-state index contributed by atoms with van der Waals surface area (Å²) in [6.45, 7) is 1.54. The first-order valence-corrected chi connectivity index (χ1v) is 7.56. The Labute approximate surface area is 140 Å². The second-order valence-corrected chi connectivity index (χ2v) is 5.87. The molecule has 8 heteroatoms. The lowest BCUT2D eigenvalue weighted by Gasteiger charge is -2.15. The van der Waals surface area contributed by atoms with Crippen molar-refractivity contribution in [2.24, 2.45) is 0 Å². The van der Waals surface area contributed by atoms with E-state index in [0.29, 0.717) is 0 Å². The molecule has 0 radical (unpaired) electrons. The van der Waals surface area contributed by atoms with E-state index in [1.54, 1.807) is 0 Å². The van der Waals surface area contributed by atoms with E-state index >= 15 is 0 Å². The zero-order valence-corrected chi connectivity index (χ0v) is 13.8. The molecule has 1 heterocycles. The number of nitrogens with zero attached hydrogens (tertiary/aromatic N) is 2. The summed E-state index contributed by atoms with van der Waals surface area (Å²) in [5, 5.41) is 13.5. The number of amides is 1. The van der Waals surface area contributed by atoms with E-state index in [2.05, 4.69) is 21.2 Å². The van der Waals surface area contributed by atoms with Crippen molar-refractivity contribution in [2.75, 3.05) is 0 Å². The number of carbonyl (C=O) groups excluding carboxylic acids is 1. The number of benzene rings is 1. The molecule has 0 aliphatic rings.